The highest BCUT2D eigenvalue weighted by Crippen LogP contribution is 2.27. The van der Waals surface area contributed by atoms with Crippen molar-refractivity contribution in [3.05, 3.63) is 83.2 Å². The Balaban J connectivity index is 1.48. The van der Waals surface area contributed by atoms with Crippen LogP contribution in [0.25, 0.3) is 22.2 Å². The minimum Gasteiger partial charge on any atom is -0.356 e. The second-order valence-electron chi connectivity index (χ2n) is 7.00. The molecule has 0 saturated carbocycles. The van der Waals surface area contributed by atoms with Crippen molar-refractivity contribution in [3.63, 3.8) is 0 Å². The zero-order valence-electron chi connectivity index (χ0n) is 16.3. The summed E-state index contributed by atoms with van der Waals surface area (Å²) in [5, 5.41) is 3.80. The summed E-state index contributed by atoms with van der Waals surface area (Å²) >= 11 is 0. The summed E-state index contributed by atoms with van der Waals surface area (Å²) in [4.78, 5) is 24.0. The summed E-state index contributed by atoms with van der Waals surface area (Å²) in [5.41, 5.74) is 5.40. The average molecular weight is 388 g/mol. The van der Waals surface area contributed by atoms with Gasteiger partial charge < -0.3 is 10.3 Å². The Bertz CT molecular complexity index is 1180. The SMILES string of the molecule is Cc1[nH]c2c(F)ccc(C)c2c1CCNC(=O)c1cc(-c2ccccc2)ncn1. The monoisotopic (exact) mass is 388 g/mol. The van der Waals surface area contributed by atoms with Crippen LogP contribution in [-0.4, -0.2) is 27.4 Å². The van der Waals surface area contributed by atoms with Gasteiger partial charge in [-0.2, -0.15) is 0 Å². The second kappa shape index (κ2) is 7.83. The lowest BCUT2D eigenvalue weighted by Gasteiger charge is -2.07. The lowest BCUT2D eigenvalue weighted by atomic mass is 10.0. The number of amides is 1. The fourth-order valence-electron chi connectivity index (χ4n) is 3.60. The lowest BCUT2D eigenvalue weighted by Crippen LogP contribution is -2.26. The van der Waals surface area contributed by atoms with E-state index in [0.29, 0.717) is 29.9 Å². The molecule has 0 atom stereocenters. The number of carbonyl (C=O) groups is 1. The predicted octanol–water partition coefficient (Wildman–Crippen LogP) is 4.35. The van der Waals surface area contributed by atoms with Crippen molar-refractivity contribution in [1.29, 1.82) is 0 Å². The van der Waals surface area contributed by atoms with Crippen molar-refractivity contribution in [1.82, 2.24) is 20.3 Å². The number of aromatic amines is 1. The topological polar surface area (TPSA) is 70.7 Å². The Kier molecular flexibility index (Phi) is 5.08. The Hall–Kier alpha value is -3.54. The average Bonchev–Trinajstić information content (AvgIpc) is 3.09. The van der Waals surface area contributed by atoms with Gasteiger partial charge in [0.05, 0.1) is 11.2 Å². The smallest absolute Gasteiger partial charge is 0.270 e. The first-order valence-electron chi connectivity index (χ1n) is 9.46. The fraction of sp³-hybridized carbons (Fsp3) is 0.174. The van der Waals surface area contributed by atoms with Crippen molar-refractivity contribution in [3.8, 4) is 11.3 Å². The van der Waals surface area contributed by atoms with Crippen LogP contribution in [0.15, 0.2) is 54.9 Å². The van der Waals surface area contributed by atoms with Gasteiger partial charge in [-0.1, -0.05) is 36.4 Å². The summed E-state index contributed by atoms with van der Waals surface area (Å²) < 4.78 is 14.1. The van der Waals surface area contributed by atoms with E-state index in [1.165, 1.54) is 12.4 Å². The number of aromatic nitrogens is 3. The molecule has 2 N–H and O–H groups in total. The molecule has 5 nitrogen and oxygen atoms in total. The van der Waals surface area contributed by atoms with Crippen LogP contribution in [0.2, 0.25) is 0 Å². The van der Waals surface area contributed by atoms with Gasteiger partial charge in [0.15, 0.2) is 0 Å². The van der Waals surface area contributed by atoms with Crippen LogP contribution in [0.1, 0.15) is 27.3 Å². The number of aryl methyl sites for hydroxylation is 2. The molecule has 2 aromatic carbocycles. The molecule has 0 fully saturated rings. The standard InChI is InChI=1S/C23H21FN4O/c1-14-8-9-18(24)22-21(14)17(15(2)28-22)10-11-25-23(29)20-12-19(26-13-27-20)16-6-4-3-5-7-16/h3-9,12-13,28H,10-11H2,1-2H3,(H,25,29). The van der Waals surface area contributed by atoms with Gasteiger partial charge in [-0.3, -0.25) is 4.79 Å². The maximum absolute atomic E-state index is 14.1. The Labute approximate surface area is 168 Å². The molecule has 0 radical (unpaired) electrons. The van der Waals surface area contributed by atoms with Gasteiger partial charge in [0, 0.05) is 23.2 Å². The van der Waals surface area contributed by atoms with E-state index in [9.17, 15) is 9.18 Å². The summed E-state index contributed by atoms with van der Waals surface area (Å²) in [7, 11) is 0. The highest BCUT2D eigenvalue weighted by atomic mass is 19.1. The van der Waals surface area contributed by atoms with E-state index in [4.69, 9.17) is 0 Å². The normalized spacial score (nSPS) is 11.0. The van der Waals surface area contributed by atoms with E-state index in [1.807, 2.05) is 44.2 Å². The molecule has 2 heterocycles. The third-order valence-corrected chi connectivity index (χ3v) is 5.06. The quantitative estimate of drug-likeness (QED) is 0.534. The first-order valence-corrected chi connectivity index (χ1v) is 9.46. The molecule has 0 spiro atoms. The molecule has 0 saturated heterocycles. The van der Waals surface area contributed by atoms with E-state index >= 15 is 0 Å². The van der Waals surface area contributed by atoms with Crippen LogP contribution < -0.4 is 5.32 Å². The number of benzene rings is 2. The highest BCUT2D eigenvalue weighted by molar-refractivity contribution is 5.93. The summed E-state index contributed by atoms with van der Waals surface area (Å²) in [6.45, 7) is 4.31. The minimum atomic E-state index is -0.265. The second-order valence-corrected chi connectivity index (χ2v) is 7.00. The molecule has 6 heteroatoms. The Morgan fingerprint density at radius 1 is 1.10 bits per heavy atom. The number of carbonyl (C=O) groups excluding carboxylic acids is 1. The molecule has 29 heavy (non-hydrogen) atoms. The van der Waals surface area contributed by atoms with Crippen molar-refractivity contribution in [2.45, 2.75) is 20.3 Å². The molecular formula is C23H21FN4O. The maximum atomic E-state index is 14.1. The van der Waals surface area contributed by atoms with Gasteiger partial charge >= 0.3 is 0 Å². The molecule has 0 aliphatic rings. The number of halogens is 1. The van der Waals surface area contributed by atoms with Gasteiger partial charge in [-0.25, -0.2) is 14.4 Å². The van der Waals surface area contributed by atoms with Gasteiger partial charge in [-0.15, -0.1) is 0 Å². The highest BCUT2D eigenvalue weighted by Gasteiger charge is 2.15. The molecule has 4 rings (SSSR count). The van der Waals surface area contributed by atoms with E-state index in [2.05, 4.69) is 20.3 Å². The summed E-state index contributed by atoms with van der Waals surface area (Å²) in [6.07, 6.45) is 1.99. The van der Waals surface area contributed by atoms with Crippen molar-refractivity contribution < 1.29 is 9.18 Å². The number of nitrogens with one attached hydrogen (secondary N) is 2. The van der Waals surface area contributed by atoms with Gasteiger partial charge in [-0.05, 0) is 43.5 Å². The minimum absolute atomic E-state index is 0.259. The van der Waals surface area contributed by atoms with E-state index in [-0.39, 0.29) is 11.7 Å². The van der Waals surface area contributed by atoms with E-state index < -0.39 is 0 Å². The molecule has 0 aliphatic carbocycles. The van der Waals surface area contributed by atoms with Crippen LogP contribution in [0.3, 0.4) is 0 Å². The number of hydrogen-bond acceptors (Lipinski definition) is 3. The number of hydrogen-bond donors (Lipinski definition) is 2. The molecule has 4 aromatic rings. The maximum Gasteiger partial charge on any atom is 0.270 e. The number of rotatable bonds is 5. The molecule has 146 valence electrons. The van der Waals surface area contributed by atoms with Crippen molar-refractivity contribution in [2.24, 2.45) is 0 Å². The fourth-order valence-corrected chi connectivity index (χ4v) is 3.60. The van der Waals surface area contributed by atoms with Crippen molar-refractivity contribution >= 4 is 16.8 Å². The third-order valence-electron chi connectivity index (χ3n) is 5.06. The van der Waals surface area contributed by atoms with Crippen LogP contribution in [-0.2, 0) is 6.42 Å². The zero-order valence-corrected chi connectivity index (χ0v) is 16.3. The van der Waals surface area contributed by atoms with Crippen LogP contribution in [0, 0.1) is 19.7 Å². The largest absolute Gasteiger partial charge is 0.356 e. The Morgan fingerprint density at radius 2 is 1.90 bits per heavy atom. The van der Waals surface area contributed by atoms with Gasteiger partial charge in [0.25, 0.3) is 5.91 Å². The Morgan fingerprint density at radius 3 is 2.69 bits per heavy atom. The summed E-state index contributed by atoms with van der Waals surface area (Å²) in [6, 6.07) is 14.6. The van der Waals surface area contributed by atoms with Gasteiger partial charge in [0.1, 0.15) is 17.8 Å². The number of fused-ring (bicyclic) bond motifs is 1. The molecule has 0 bridgehead atoms. The van der Waals surface area contributed by atoms with Crippen LogP contribution >= 0.6 is 0 Å². The predicted molar refractivity (Wildman–Crippen MR) is 111 cm³/mol. The summed E-state index contributed by atoms with van der Waals surface area (Å²) in [5.74, 6) is -0.525. The molecule has 0 aliphatic heterocycles. The van der Waals surface area contributed by atoms with E-state index in [0.717, 1.165) is 27.8 Å². The van der Waals surface area contributed by atoms with E-state index in [1.54, 1.807) is 12.1 Å². The molecule has 1 amide bonds. The first-order chi connectivity index (χ1) is 14.0. The lowest BCUT2D eigenvalue weighted by molar-refractivity contribution is 0.0949. The molecule has 2 aromatic heterocycles. The zero-order chi connectivity index (χ0) is 20.4. The molecule has 0 unspecified atom stereocenters. The van der Waals surface area contributed by atoms with Crippen LogP contribution in [0.5, 0.6) is 0 Å². The van der Waals surface area contributed by atoms with Gasteiger partial charge in [0.2, 0.25) is 0 Å². The molecular weight excluding hydrogens is 367 g/mol. The van der Waals surface area contributed by atoms with Crippen LogP contribution in [0.4, 0.5) is 4.39 Å². The number of H-pyrrole nitrogens is 1. The van der Waals surface area contributed by atoms with Crippen molar-refractivity contribution in [2.75, 3.05) is 6.54 Å². The number of nitrogens with zero attached hydrogens (tertiary/aromatic N) is 2. The third kappa shape index (κ3) is 3.74. The first kappa shape index (κ1) is 18.8.